The second-order valence-electron chi connectivity index (χ2n) is 7.00. The molecule has 1 aromatic rings. The molecule has 2 rings (SSSR count). The Kier molecular flexibility index (Phi) is 4.18. The first-order chi connectivity index (χ1) is 9.31. The molecule has 0 aromatic carbocycles. The molecule has 2 unspecified atom stereocenters. The van der Waals surface area contributed by atoms with Crippen LogP contribution in [-0.4, -0.2) is 22.6 Å². The zero-order valence-electron chi connectivity index (χ0n) is 13.3. The third-order valence-corrected chi connectivity index (χ3v) is 3.96. The number of hydrazine groups is 1. The van der Waals surface area contributed by atoms with Crippen molar-refractivity contribution in [1.82, 2.24) is 9.97 Å². The zero-order chi connectivity index (χ0) is 14.9. The van der Waals surface area contributed by atoms with Gasteiger partial charge in [0.25, 0.3) is 0 Å². The van der Waals surface area contributed by atoms with Crippen molar-refractivity contribution in [2.24, 2.45) is 11.8 Å². The van der Waals surface area contributed by atoms with Crippen molar-refractivity contribution in [3.63, 3.8) is 0 Å². The Bertz CT molecular complexity index is 466. The molecular formula is C15H27N5. The normalized spacial score (nSPS) is 23.8. The minimum atomic E-state index is -0.0894. The van der Waals surface area contributed by atoms with Crippen LogP contribution in [0.1, 0.15) is 53.3 Å². The maximum Gasteiger partial charge on any atom is 0.145 e. The fourth-order valence-electron chi connectivity index (χ4n) is 2.74. The third kappa shape index (κ3) is 3.20. The summed E-state index contributed by atoms with van der Waals surface area (Å²) in [6.07, 6.45) is 2.42. The van der Waals surface area contributed by atoms with Crippen molar-refractivity contribution in [2.45, 2.75) is 58.9 Å². The van der Waals surface area contributed by atoms with E-state index in [4.69, 9.17) is 10.8 Å². The molecule has 0 spiro atoms. The number of hydrogen-bond donors (Lipinski definition) is 2. The van der Waals surface area contributed by atoms with Crippen molar-refractivity contribution < 1.29 is 0 Å². The Morgan fingerprint density at radius 2 is 2.00 bits per heavy atom. The summed E-state index contributed by atoms with van der Waals surface area (Å²) in [5.41, 5.74) is 2.58. The lowest BCUT2D eigenvalue weighted by atomic mass is 9.93. The van der Waals surface area contributed by atoms with Gasteiger partial charge in [-0.15, -0.1) is 0 Å². The standard InChI is InChI=1S/C15H27N5/c1-10-6-7-20(11(2)8-10)13-9-12(19-16)17-14(18-13)15(3,4)5/h9-11H,6-8,16H2,1-5H3,(H,17,18,19). The second-order valence-corrected chi connectivity index (χ2v) is 7.00. The van der Waals surface area contributed by atoms with E-state index in [-0.39, 0.29) is 5.41 Å². The zero-order valence-corrected chi connectivity index (χ0v) is 13.3. The van der Waals surface area contributed by atoms with Crippen molar-refractivity contribution in [3.8, 4) is 0 Å². The molecule has 3 N–H and O–H groups in total. The predicted octanol–water partition coefficient (Wildman–Crippen LogP) is 2.68. The molecule has 5 heteroatoms. The van der Waals surface area contributed by atoms with Crippen LogP contribution in [0.25, 0.3) is 0 Å². The summed E-state index contributed by atoms with van der Waals surface area (Å²) >= 11 is 0. The second kappa shape index (κ2) is 5.56. The number of nitrogens with zero attached hydrogens (tertiary/aromatic N) is 3. The molecule has 1 aliphatic heterocycles. The van der Waals surface area contributed by atoms with Gasteiger partial charge >= 0.3 is 0 Å². The van der Waals surface area contributed by atoms with E-state index in [2.05, 4.69) is 49.9 Å². The van der Waals surface area contributed by atoms with E-state index in [1.165, 1.54) is 12.8 Å². The van der Waals surface area contributed by atoms with Crippen molar-refractivity contribution in [2.75, 3.05) is 16.9 Å². The summed E-state index contributed by atoms with van der Waals surface area (Å²) in [6.45, 7) is 12.0. The lowest BCUT2D eigenvalue weighted by molar-refractivity contribution is 0.375. The lowest BCUT2D eigenvalue weighted by Crippen LogP contribution is -2.41. The number of anilines is 2. The molecule has 2 atom stereocenters. The van der Waals surface area contributed by atoms with Gasteiger partial charge in [-0.2, -0.15) is 0 Å². The third-order valence-electron chi connectivity index (χ3n) is 3.96. The highest BCUT2D eigenvalue weighted by molar-refractivity contribution is 5.50. The van der Waals surface area contributed by atoms with Gasteiger partial charge in [0.1, 0.15) is 17.5 Å². The molecule has 2 heterocycles. The molecule has 112 valence electrons. The first-order valence-electron chi connectivity index (χ1n) is 7.44. The van der Waals surface area contributed by atoms with Gasteiger partial charge in [0.2, 0.25) is 0 Å². The number of hydrogen-bond acceptors (Lipinski definition) is 5. The van der Waals surface area contributed by atoms with Gasteiger partial charge in [-0.25, -0.2) is 15.8 Å². The molecule has 0 amide bonds. The van der Waals surface area contributed by atoms with Crippen LogP contribution in [-0.2, 0) is 5.41 Å². The Morgan fingerprint density at radius 1 is 1.30 bits per heavy atom. The van der Waals surface area contributed by atoms with Gasteiger partial charge < -0.3 is 10.3 Å². The minimum Gasteiger partial charge on any atom is -0.354 e. The molecule has 0 aliphatic carbocycles. The topological polar surface area (TPSA) is 67.1 Å². The van der Waals surface area contributed by atoms with Crippen LogP contribution in [0.3, 0.4) is 0 Å². The van der Waals surface area contributed by atoms with E-state index in [9.17, 15) is 0 Å². The van der Waals surface area contributed by atoms with E-state index in [1.54, 1.807) is 0 Å². The van der Waals surface area contributed by atoms with Gasteiger partial charge in [-0.1, -0.05) is 27.7 Å². The molecule has 0 saturated carbocycles. The van der Waals surface area contributed by atoms with Crippen LogP contribution in [0.5, 0.6) is 0 Å². The molecule has 0 radical (unpaired) electrons. The largest absolute Gasteiger partial charge is 0.354 e. The summed E-state index contributed by atoms with van der Waals surface area (Å²) in [5.74, 6) is 8.84. The Morgan fingerprint density at radius 3 is 2.55 bits per heavy atom. The van der Waals surface area contributed by atoms with Crippen LogP contribution in [0.4, 0.5) is 11.6 Å². The van der Waals surface area contributed by atoms with Gasteiger partial charge in [-0.3, -0.25) is 0 Å². The van der Waals surface area contributed by atoms with E-state index >= 15 is 0 Å². The molecule has 1 fully saturated rings. The molecule has 1 aliphatic rings. The highest BCUT2D eigenvalue weighted by Crippen LogP contribution is 2.29. The molecule has 0 bridgehead atoms. The maximum atomic E-state index is 5.56. The average Bonchev–Trinajstić information content (AvgIpc) is 2.37. The fourth-order valence-corrected chi connectivity index (χ4v) is 2.74. The minimum absolute atomic E-state index is 0.0894. The van der Waals surface area contributed by atoms with E-state index in [0.29, 0.717) is 11.9 Å². The molecule has 1 saturated heterocycles. The number of nitrogens with one attached hydrogen (secondary N) is 1. The summed E-state index contributed by atoms with van der Waals surface area (Å²) < 4.78 is 0. The van der Waals surface area contributed by atoms with Crippen molar-refractivity contribution in [1.29, 1.82) is 0 Å². The number of rotatable bonds is 2. The van der Waals surface area contributed by atoms with E-state index < -0.39 is 0 Å². The monoisotopic (exact) mass is 277 g/mol. The summed E-state index contributed by atoms with van der Waals surface area (Å²) in [4.78, 5) is 11.6. The van der Waals surface area contributed by atoms with E-state index in [0.717, 1.165) is 24.1 Å². The SMILES string of the molecule is CC1CCN(c2cc(NN)nc(C(C)(C)C)n2)C(C)C1. The Hall–Kier alpha value is -1.36. The highest BCUT2D eigenvalue weighted by atomic mass is 15.3. The molecular weight excluding hydrogens is 250 g/mol. The average molecular weight is 277 g/mol. The smallest absolute Gasteiger partial charge is 0.145 e. The van der Waals surface area contributed by atoms with Crippen LogP contribution >= 0.6 is 0 Å². The van der Waals surface area contributed by atoms with Crippen LogP contribution in [0.15, 0.2) is 6.07 Å². The Balaban J connectivity index is 2.36. The number of aromatic nitrogens is 2. The van der Waals surface area contributed by atoms with Crippen molar-refractivity contribution >= 4 is 11.6 Å². The van der Waals surface area contributed by atoms with Gasteiger partial charge in [0.05, 0.1) is 0 Å². The fraction of sp³-hybridized carbons (Fsp3) is 0.733. The summed E-state index contributed by atoms with van der Waals surface area (Å²) in [6, 6.07) is 2.45. The molecule has 5 nitrogen and oxygen atoms in total. The van der Waals surface area contributed by atoms with Gasteiger partial charge in [0.15, 0.2) is 0 Å². The summed E-state index contributed by atoms with van der Waals surface area (Å²) in [7, 11) is 0. The van der Waals surface area contributed by atoms with Crippen LogP contribution in [0.2, 0.25) is 0 Å². The van der Waals surface area contributed by atoms with Crippen LogP contribution < -0.4 is 16.2 Å². The van der Waals surface area contributed by atoms with Crippen molar-refractivity contribution in [3.05, 3.63) is 11.9 Å². The van der Waals surface area contributed by atoms with Gasteiger partial charge in [0, 0.05) is 24.1 Å². The molecule has 1 aromatic heterocycles. The lowest BCUT2D eigenvalue weighted by Gasteiger charge is -2.38. The first-order valence-corrected chi connectivity index (χ1v) is 7.44. The number of nitrogens with two attached hydrogens (primary N) is 1. The maximum absolute atomic E-state index is 5.56. The van der Waals surface area contributed by atoms with Crippen LogP contribution in [0, 0.1) is 5.92 Å². The predicted molar refractivity (Wildman–Crippen MR) is 83.7 cm³/mol. The molecule has 20 heavy (non-hydrogen) atoms. The number of nitrogen functional groups attached to an aromatic ring is 1. The first kappa shape index (κ1) is 15.0. The van der Waals surface area contributed by atoms with E-state index in [1.807, 2.05) is 6.07 Å². The van der Waals surface area contributed by atoms with Gasteiger partial charge in [-0.05, 0) is 25.7 Å². The quantitative estimate of drug-likeness (QED) is 0.642. The number of piperidine rings is 1. The summed E-state index contributed by atoms with van der Waals surface area (Å²) in [5, 5.41) is 0. The highest BCUT2D eigenvalue weighted by Gasteiger charge is 2.26. The Labute approximate surface area is 121 Å².